The molecule has 1 aliphatic heterocycles. The fourth-order valence-corrected chi connectivity index (χ4v) is 5.33. The normalized spacial score (nSPS) is 19.1. The Morgan fingerprint density at radius 2 is 1.91 bits per heavy atom. The number of anilines is 1. The van der Waals surface area contributed by atoms with Crippen LogP contribution in [0.2, 0.25) is 5.02 Å². The molecule has 1 amide bonds. The maximum absolute atomic E-state index is 12.9. The smallest absolute Gasteiger partial charge is 0.226 e. The third-order valence-electron chi connectivity index (χ3n) is 7.32. The number of fused-ring (bicyclic) bond motifs is 3. The number of benzene rings is 2. The molecule has 0 N–H and O–H groups in total. The summed E-state index contributed by atoms with van der Waals surface area (Å²) >= 11 is 6.32. The molecule has 2 aromatic heterocycles. The second kappa shape index (κ2) is 8.24. The molecule has 8 heteroatoms. The van der Waals surface area contributed by atoms with Crippen molar-refractivity contribution >= 4 is 40.0 Å². The van der Waals surface area contributed by atoms with Crippen molar-refractivity contribution in [3.05, 3.63) is 53.1 Å². The lowest BCUT2D eigenvalue weighted by Crippen LogP contribution is -2.56. The van der Waals surface area contributed by atoms with Gasteiger partial charge in [0.25, 0.3) is 0 Å². The number of rotatable bonds is 3. The van der Waals surface area contributed by atoms with Gasteiger partial charge in [-0.1, -0.05) is 42.3 Å². The average Bonchev–Trinajstić information content (AvgIpc) is 3.22. The van der Waals surface area contributed by atoms with Gasteiger partial charge >= 0.3 is 0 Å². The zero-order valence-electron chi connectivity index (χ0n) is 19.4. The minimum atomic E-state index is 0.104. The lowest BCUT2D eigenvalue weighted by molar-refractivity contribution is -0.140. The van der Waals surface area contributed by atoms with Crippen molar-refractivity contribution in [1.29, 1.82) is 0 Å². The van der Waals surface area contributed by atoms with Crippen LogP contribution in [0.4, 0.5) is 5.95 Å². The number of nitrogens with zero attached hydrogens (tertiary/aromatic N) is 6. The Hall–Kier alpha value is -3.19. The summed E-state index contributed by atoms with van der Waals surface area (Å²) in [6.07, 6.45) is 3.22. The molecular formula is C26H27ClN6O. The van der Waals surface area contributed by atoms with E-state index in [0.717, 1.165) is 52.3 Å². The van der Waals surface area contributed by atoms with Crippen LogP contribution in [-0.2, 0) is 4.79 Å². The zero-order chi connectivity index (χ0) is 23.4. The lowest BCUT2D eigenvalue weighted by Gasteiger charge is -2.43. The van der Waals surface area contributed by atoms with Gasteiger partial charge < -0.3 is 9.80 Å². The van der Waals surface area contributed by atoms with E-state index in [2.05, 4.69) is 50.4 Å². The highest BCUT2D eigenvalue weighted by Crippen LogP contribution is 2.33. The lowest BCUT2D eigenvalue weighted by atomic mass is 9.84. The Labute approximate surface area is 203 Å². The third kappa shape index (κ3) is 3.41. The standard InChI is InChI=1S/C26H27ClN6O/c1-16-6-3-4-9-20(16)23-29-30-24-21-11-10-19(27)14-22(21)28-26(33(23)24)31-12-13-32(17(2)15-31)25(34)18-7-5-8-18/h3-4,6,9-11,14,17-18H,5,7-8,12-13,15H2,1-2H3. The predicted molar refractivity (Wildman–Crippen MR) is 134 cm³/mol. The van der Waals surface area contributed by atoms with Crippen LogP contribution in [0.5, 0.6) is 0 Å². The van der Waals surface area contributed by atoms with Crippen LogP contribution in [0.3, 0.4) is 0 Å². The molecule has 0 radical (unpaired) electrons. The maximum Gasteiger partial charge on any atom is 0.226 e. The third-order valence-corrected chi connectivity index (χ3v) is 7.55. The average molecular weight is 475 g/mol. The molecule has 1 atom stereocenters. The number of piperazine rings is 1. The van der Waals surface area contributed by atoms with Crippen molar-refractivity contribution in [2.75, 3.05) is 24.5 Å². The first-order valence-electron chi connectivity index (χ1n) is 12.0. The molecule has 2 aromatic carbocycles. The Morgan fingerprint density at radius 3 is 2.65 bits per heavy atom. The van der Waals surface area contributed by atoms with E-state index in [0.29, 0.717) is 30.6 Å². The molecule has 3 heterocycles. The summed E-state index contributed by atoms with van der Waals surface area (Å²) in [5.41, 5.74) is 3.70. The van der Waals surface area contributed by atoms with Gasteiger partial charge in [-0.25, -0.2) is 9.38 Å². The van der Waals surface area contributed by atoms with Gasteiger partial charge in [0.15, 0.2) is 11.5 Å². The van der Waals surface area contributed by atoms with Crippen LogP contribution >= 0.6 is 11.6 Å². The fourth-order valence-electron chi connectivity index (χ4n) is 5.16. The number of aryl methyl sites for hydroxylation is 1. The van der Waals surface area contributed by atoms with Gasteiger partial charge in [0.2, 0.25) is 11.9 Å². The number of carbonyl (C=O) groups is 1. The van der Waals surface area contributed by atoms with E-state index in [-0.39, 0.29) is 12.0 Å². The number of hydrogen-bond donors (Lipinski definition) is 0. The first-order chi connectivity index (χ1) is 16.5. The van der Waals surface area contributed by atoms with Crippen molar-refractivity contribution in [1.82, 2.24) is 24.5 Å². The first kappa shape index (κ1) is 21.4. The van der Waals surface area contributed by atoms with Crippen LogP contribution in [-0.4, -0.2) is 56.1 Å². The molecule has 34 heavy (non-hydrogen) atoms. The van der Waals surface area contributed by atoms with Crippen LogP contribution in [0.1, 0.15) is 31.7 Å². The highest BCUT2D eigenvalue weighted by molar-refractivity contribution is 6.31. The minimum absolute atomic E-state index is 0.104. The van der Waals surface area contributed by atoms with Gasteiger partial charge in [-0.15, -0.1) is 10.2 Å². The van der Waals surface area contributed by atoms with Crippen LogP contribution in [0.15, 0.2) is 42.5 Å². The van der Waals surface area contributed by atoms with Gasteiger partial charge in [0.1, 0.15) is 0 Å². The van der Waals surface area contributed by atoms with E-state index in [1.807, 2.05) is 30.3 Å². The van der Waals surface area contributed by atoms with Gasteiger partial charge in [0, 0.05) is 47.6 Å². The van der Waals surface area contributed by atoms with Crippen molar-refractivity contribution in [2.24, 2.45) is 5.92 Å². The number of amides is 1. The molecule has 0 bridgehead atoms. The van der Waals surface area contributed by atoms with Crippen molar-refractivity contribution < 1.29 is 4.79 Å². The highest BCUT2D eigenvalue weighted by atomic mass is 35.5. The molecule has 2 fully saturated rings. The number of aromatic nitrogens is 4. The minimum Gasteiger partial charge on any atom is -0.338 e. The molecule has 4 aromatic rings. The summed E-state index contributed by atoms with van der Waals surface area (Å²) in [6, 6.07) is 14.0. The maximum atomic E-state index is 12.9. The molecule has 6 rings (SSSR count). The zero-order valence-corrected chi connectivity index (χ0v) is 20.2. The van der Waals surface area contributed by atoms with Crippen molar-refractivity contribution in [2.45, 2.75) is 39.2 Å². The molecule has 0 spiro atoms. The number of halogens is 1. The molecule has 1 saturated heterocycles. The summed E-state index contributed by atoms with van der Waals surface area (Å²) in [6.45, 7) is 6.32. The number of carbonyl (C=O) groups excluding carboxylic acids is 1. The monoisotopic (exact) mass is 474 g/mol. The molecule has 174 valence electrons. The van der Waals surface area contributed by atoms with E-state index in [1.54, 1.807) is 0 Å². The van der Waals surface area contributed by atoms with Crippen molar-refractivity contribution in [3.8, 4) is 11.4 Å². The van der Waals surface area contributed by atoms with Gasteiger partial charge in [-0.3, -0.25) is 4.79 Å². The summed E-state index contributed by atoms with van der Waals surface area (Å²) in [5.74, 6) is 2.09. The summed E-state index contributed by atoms with van der Waals surface area (Å²) in [5, 5.41) is 10.7. The van der Waals surface area contributed by atoms with E-state index < -0.39 is 0 Å². The molecule has 1 unspecified atom stereocenters. The van der Waals surface area contributed by atoms with E-state index >= 15 is 0 Å². The molecule has 1 saturated carbocycles. The Kier molecular flexibility index (Phi) is 5.17. The Bertz CT molecular complexity index is 1410. The highest BCUT2D eigenvalue weighted by Gasteiger charge is 2.35. The van der Waals surface area contributed by atoms with Crippen molar-refractivity contribution in [3.63, 3.8) is 0 Å². The summed E-state index contributed by atoms with van der Waals surface area (Å²) < 4.78 is 2.06. The van der Waals surface area contributed by atoms with Crippen LogP contribution in [0, 0.1) is 12.8 Å². The predicted octanol–water partition coefficient (Wildman–Crippen LogP) is 4.74. The summed E-state index contributed by atoms with van der Waals surface area (Å²) in [4.78, 5) is 22.3. The number of hydrogen-bond acceptors (Lipinski definition) is 5. The Balaban J connectivity index is 1.47. The molecule has 7 nitrogen and oxygen atoms in total. The topological polar surface area (TPSA) is 66.6 Å². The Morgan fingerprint density at radius 1 is 1.09 bits per heavy atom. The van der Waals surface area contributed by atoms with Crippen LogP contribution in [0.25, 0.3) is 27.9 Å². The van der Waals surface area contributed by atoms with E-state index in [1.165, 1.54) is 6.42 Å². The largest absolute Gasteiger partial charge is 0.338 e. The first-order valence-corrected chi connectivity index (χ1v) is 12.3. The van der Waals surface area contributed by atoms with E-state index in [9.17, 15) is 4.79 Å². The fraction of sp³-hybridized carbons (Fsp3) is 0.385. The molecule has 1 aliphatic carbocycles. The van der Waals surface area contributed by atoms with Gasteiger partial charge in [0.05, 0.1) is 5.52 Å². The second-order valence-corrected chi connectivity index (χ2v) is 9.96. The van der Waals surface area contributed by atoms with E-state index in [4.69, 9.17) is 16.6 Å². The molecule has 2 aliphatic rings. The SMILES string of the molecule is Cc1ccccc1-c1nnc2c3ccc(Cl)cc3nc(N3CCN(C(=O)C4CCC4)C(C)C3)n12. The summed E-state index contributed by atoms with van der Waals surface area (Å²) in [7, 11) is 0. The second-order valence-electron chi connectivity index (χ2n) is 9.53. The van der Waals surface area contributed by atoms with Crippen LogP contribution < -0.4 is 4.90 Å². The quantitative estimate of drug-likeness (QED) is 0.429. The van der Waals surface area contributed by atoms with Gasteiger partial charge in [-0.2, -0.15) is 0 Å². The van der Waals surface area contributed by atoms with Gasteiger partial charge in [-0.05, 0) is 50.5 Å². The molecular weight excluding hydrogens is 448 g/mol.